The van der Waals surface area contributed by atoms with Gasteiger partial charge < -0.3 is 16.2 Å². The first-order chi connectivity index (χ1) is 9.88. The quantitative estimate of drug-likeness (QED) is 0.762. The van der Waals surface area contributed by atoms with Crippen LogP contribution in [-0.4, -0.2) is 16.0 Å². The zero-order chi connectivity index (χ0) is 15.6. The van der Waals surface area contributed by atoms with Crippen LogP contribution in [0.1, 0.15) is 21.5 Å². The van der Waals surface area contributed by atoms with Gasteiger partial charge >= 0.3 is 0 Å². The Balaban J connectivity index is 2.31. The normalized spacial score (nSPS) is 10.2. The van der Waals surface area contributed by atoms with Crippen LogP contribution in [0.15, 0.2) is 36.4 Å². The number of benzene rings is 2. The molecule has 0 fully saturated rings. The summed E-state index contributed by atoms with van der Waals surface area (Å²) in [4.78, 5) is 12.3. The van der Waals surface area contributed by atoms with Gasteiger partial charge in [-0.3, -0.25) is 4.79 Å². The van der Waals surface area contributed by atoms with Gasteiger partial charge in [0.05, 0.1) is 5.56 Å². The first kappa shape index (κ1) is 14.9. The molecule has 0 spiro atoms. The number of phenols is 1. The lowest BCUT2D eigenvalue weighted by Gasteiger charge is -2.11. The summed E-state index contributed by atoms with van der Waals surface area (Å²) < 4.78 is 12.9. The van der Waals surface area contributed by atoms with E-state index in [1.807, 2.05) is 6.92 Å². The predicted molar refractivity (Wildman–Crippen MR) is 83.1 cm³/mol. The molecule has 4 N–H and O–H groups in total. The van der Waals surface area contributed by atoms with Crippen molar-refractivity contribution in [3.63, 3.8) is 0 Å². The van der Waals surface area contributed by atoms with Crippen LogP contribution in [0.5, 0.6) is 5.75 Å². The van der Waals surface area contributed by atoms with Gasteiger partial charge in [0.1, 0.15) is 16.6 Å². The molecule has 4 nitrogen and oxygen atoms in total. The van der Waals surface area contributed by atoms with Gasteiger partial charge in [0.15, 0.2) is 0 Å². The molecular formula is C15H13FN2O2S. The summed E-state index contributed by atoms with van der Waals surface area (Å²) >= 11 is 4.89. The van der Waals surface area contributed by atoms with E-state index in [1.165, 1.54) is 6.07 Å². The second-order valence-corrected chi connectivity index (χ2v) is 4.95. The van der Waals surface area contributed by atoms with Crippen LogP contribution in [0.25, 0.3) is 0 Å². The maximum Gasteiger partial charge on any atom is 0.259 e. The predicted octanol–water partition coefficient (Wildman–Crippen LogP) is 2.73. The third kappa shape index (κ3) is 3.35. The molecule has 2 aromatic carbocycles. The summed E-state index contributed by atoms with van der Waals surface area (Å²) in [5.41, 5.74) is 7.49. The fourth-order valence-corrected chi connectivity index (χ4v) is 1.92. The van der Waals surface area contributed by atoms with E-state index in [1.54, 1.807) is 18.2 Å². The van der Waals surface area contributed by atoms with Crippen LogP contribution < -0.4 is 11.1 Å². The van der Waals surface area contributed by atoms with E-state index in [0.717, 1.165) is 17.7 Å². The van der Waals surface area contributed by atoms with Crippen molar-refractivity contribution in [2.75, 3.05) is 5.32 Å². The largest absolute Gasteiger partial charge is 0.507 e. The number of nitrogens with two attached hydrogens (primary N) is 1. The molecule has 0 saturated carbocycles. The van der Waals surface area contributed by atoms with E-state index in [0.29, 0.717) is 11.3 Å². The summed E-state index contributed by atoms with van der Waals surface area (Å²) in [6.45, 7) is 1.81. The van der Waals surface area contributed by atoms with Crippen molar-refractivity contribution in [3.8, 4) is 5.75 Å². The van der Waals surface area contributed by atoms with Crippen LogP contribution in [0.3, 0.4) is 0 Å². The number of halogens is 1. The molecule has 21 heavy (non-hydrogen) atoms. The maximum atomic E-state index is 12.9. The van der Waals surface area contributed by atoms with Crippen molar-refractivity contribution in [2.24, 2.45) is 5.73 Å². The molecule has 0 heterocycles. The monoisotopic (exact) mass is 304 g/mol. The lowest BCUT2D eigenvalue weighted by molar-refractivity contribution is 0.102. The van der Waals surface area contributed by atoms with Gasteiger partial charge in [-0.05, 0) is 30.7 Å². The average molecular weight is 304 g/mol. The number of phenolic OH excluding ortho intramolecular Hbond substituents is 1. The lowest BCUT2D eigenvalue weighted by atomic mass is 10.1. The van der Waals surface area contributed by atoms with E-state index >= 15 is 0 Å². The molecule has 6 heteroatoms. The molecule has 2 rings (SSSR count). The number of anilines is 1. The summed E-state index contributed by atoms with van der Waals surface area (Å²) in [6, 6.07) is 8.38. The van der Waals surface area contributed by atoms with Crippen LogP contribution in [0.2, 0.25) is 0 Å². The van der Waals surface area contributed by atoms with Crippen molar-refractivity contribution in [2.45, 2.75) is 6.92 Å². The van der Waals surface area contributed by atoms with Gasteiger partial charge in [-0.15, -0.1) is 0 Å². The van der Waals surface area contributed by atoms with Gasteiger partial charge in [0.2, 0.25) is 0 Å². The highest BCUT2D eigenvalue weighted by atomic mass is 32.1. The van der Waals surface area contributed by atoms with Crippen molar-refractivity contribution in [3.05, 3.63) is 58.9 Å². The maximum absolute atomic E-state index is 12.9. The highest BCUT2D eigenvalue weighted by molar-refractivity contribution is 7.80. The highest BCUT2D eigenvalue weighted by Gasteiger charge is 2.13. The molecular weight excluding hydrogens is 291 g/mol. The van der Waals surface area contributed by atoms with Crippen molar-refractivity contribution < 1.29 is 14.3 Å². The summed E-state index contributed by atoms with van der Waals surface area (Å²) in [6.07, 6.45) is 0. The minimum Gasteiger partial charge on any atom is -0.507 e. The van der Waals surface area contributed by atoms with Gasteiger partial charge in [0.25, 0.3) is 5.91 Å². The molecule has 1 amide bonds. The average Bonchev–Trinajstić information content (AvgIpc) is 2.40. The molecule has 0 aliphatic carbocycles. The Morgan fingerprint density at radius 2 is 2.00 bits per heavy atom. The number of thiocarbonyl (C=S) groups is 1. The van der Waals surface area contributed by atoms with Gasteiger partial charge in [-0.1, -0.05) is 24.4 Å². The van der Waals surface area contributed by atoms with E-state index < -0.39 is 17.5 Å². The van der Waals surface area contributed by atoms with E-state index in [4.69, 9.17) is 18.0 Å². The fraction of sp³-hybridized carbons (Fsp3) is 0.0667. The van der Waals surface area contributed by atoms with Gasteiger partial charge in [0, 0.05) is 17.3 Å². The zero-order valence-electron chi connectivity index (χ0n) is 11.2. The van der Waals surface area contributed by atoms with Crippen molar-refractivity contribution in [1.29, 1.82) is 0 Å². The lowest BCUT2D eigenvalue weighted by Crippen LogP contribution is -2.15. The molecule has 0 aromatic heterocycles. The molecule has 2 aromatic rings. The van der Waals surface area contributed by atoms with Crippen LogP contribution in [-0.2, 0) is 0 Å². The number of carbonyl (C=O) groups excluding carboxylic acids is 1. The molecule has 0 aliphatic heterocycles. The fourth-order valence-electron chi connectivity index (χ4n) is 1.80. The second kappa shape index (κ2) is 5.88. The van der Waals surface area contributed by atoms with Crippen molar-refractivity contribution >= 4 is 28.8 Å². The van der Waals surface area contributed by atoms with Gasteiger partial charge in [-0.25, -0.2) is 4.39 Å². The Kier molecular flexibility index (Phi) is 4.18. The molecule has 108 valence electrons. The third-order valence-electron chi connectivity index (χ3n) is 2.97. The van der Waals surface area contributed by atoms with Crippen molar-refractivity contribution in [1.82, 2.24) is 0 Å². The molecule has 0 bridgehead atoms. The highest BCUT2D eigenvalue weighted by Crippen LogP contribution is 2.22. The summed E-state index contributed by atoms with van der Waals surface area (Å²) in [7, 11) is 0. The number of aryl methyl sites for hydroxylation is 1. The SMILES string of the molecule is Cc1ccc(C(N)=S)cc1NC(=O)c1ccc(F)cc1O. The van der Waals surface area contributed by atoms with Crippen LogP contribution in [0.4, 0.5) is 10.1 Å². The number of hydrogen-bond donors (Lipinski definition) is 3. The molecule has 0 radical (unpaired) electrons. The van der Waals surface area contributed by atoms with E-state index in [2.05, 4.69) is 5.32 Å². The number of amides is 1. The van der Waals surface area contributed by atoms with E-state index in [9.17, 15) is 14.3 Å². The zero-order valence-corrected chi connectivity index (χ0v) is 12.0. The molecule has 0 saturated heterocycles. The Bertz CT molecular complexity index is 732. The van der Waals surface area contributed by atoms with Crippen LogP contribution in [0, 0.1) is 12.7 Å². The standard InChI is InChI=1S/C15H13FN2O2S/c1-8-2-3-9(14(17)21)6-12(8)18-15(20)11-5-4-10(16)7-13(11)19/h2-7,19H,1H3,(H2,17,21)(H,18,20). The number of hydrogen-bond acceptors (Lipinski definition) is 3. The minimum absolute atomic E-state index is 0.0171. The first-order valence-electron chi connectivity index (χ1n) is 6.09. The molecule has 0 atom stereocenters. The number of aromatic hydroxyl groups is 1. The molecule has 0 unspecified atom stereocenters. The smallest absolute Gasteiger partial charge is 0.259 e. The number of rotatable bonds is 3. The molecule has 0 aliphatic rings. The second-order valence-electron chi connectivity index (χ2n) is 4.51. The Labute approximate surface area is 126 Å². The third-order valence-corrected chi connectivity index (χ3v) is 3.21. The number of nitrogens with one attached hydrogen (secondary N) is 1. The summed E-state index contributed by atoms with van der Waals surface area (Å²) in [5.74, 6) is -1.58. The Morgan fingerprint density at radius 1 is 1.29 bits per heavy atom. The first-order valence-corrected chi connectivity index (χ1v) is 6.49. The Morgan fingerprint density at radius 3 is 2.62 bits per heavy atom. The van der Waals surface area contributed by atoms with E-state index in [-0.39, 0.29) is 10.6 Å². The Hall–Kier alpha value is -2.47. The van der Waals surface area contributed by atoms with Crippen LogP contribution >= 0.6 is 12.2 Å². The topological polar surface area (TPSA) is 75.3 Å². The number of carbonyl (C=O) groups is 1. The minimum atomic E-state index is -0.615. The summed E-state index contributed by atoms with van der Waals surface area (Å²) in [5, 5.41) is 12.3. The van der Waals surface area contributed by atoms with Gasteiger partial charge in [-0.2, -0.15) is 0 Å².